The molecule has 1 N–H and O–H groups in total. The molecule has 0 bridgehead atoms. The summed E-state index contributed by atoms with van der Waals surface area (Å²) >= 11 is 0. The summed E-state index contributed by atoms with van der Waals surface area (Å²) in [7, 11) is -2.53. The van der Waals surface area contributed by atoms with Crippen molar-refractivity contribution in [3.8, 4) is 5.75 Å². The minimum atomic E-state index is -2.53. The summed E-state index contributed by atoms with van der Waals surface area (Å²) in [4.78, 5) is 8.29. The zero-order valence-electron chi connectivity index (χ0n) is 5.60. The summed E-state index contributed by atoms with van der Waals surface area (Å²) in [5, 5.41) is 0. The van der Waals surface area contributed by atoms with Crippen molar-refractivity contribution in [1.29, 1.82) is 0 Å². The molecule has 0 saturated heterocycles. The van der Waals surface area contributed by atoms with Crippen LogP contribution in [0.2, 0.25) is 0 Å². The van der Waals surface area contributed by atoms with Gasteiger partial charge in [0.15, 0.2) is 5.75 Å². The van der Waals surface area contributed by atoms with Gasteiger partial charge in [-0.3, -0.25) is 0 Å². The molecular formula is C6H6O3PTi+. The normalized spacial score (nSPS) is 9.73. The van der Waals surface area contributed by atoms with Crippen LogP contribution in [0.1, 0.15) is 0 Å². The van der Waals surface area contributed by atoms with Crippen molar-refractivity contribution >= 4 is 8.25 Å². The molecule has 3 nitrogen and oxygen atoms in total. The molecule has 1 atom stereocenters. The summed E-state index contributed by atoms with van der Waals surface area (Å²) in [6.07, 6.45) is 0. The van der Waals surface area contributed by atoms with Gasteiger partial charge in [0.05, 0.1) is 0 Å². The van der Waals surface area contributed by atoms with Gasteiger partial charge in [-0.1, -0.05) is 18.2 Å². The largest absolute Gasteiger partial charge is 0.747 e. The fourth-order valence-electron chi connectivity index (χ4n) is 0.572. The summed E-state index contributed by atoms with van der Waals surface area (Å²) in [6.45, 7) is 0. The number of para-hydroxylation sites is 1. The van der Waals surface area contributed by atoms with E-state index in [1.165, 1.54) is 0 Å². The summed E-state index contributed by atoms with van der Waals surface area (Å²) in [5.74, 6) is 0.408. The van der Waals surface area contributed by atoms with E-state index in [0.29, 0.717) is 5.75 Å². The van der Waals surface area contributed by atoms with E-state index in [0.717, 1.165) is 0 Å². The molecule has 0 aliphatic carbocycles. The van der Waals surface area contributed by atoms with Gasteiger partial charge in [-0.25, -0.2) is 4.52 Å². The van der Waals surface area contributed by atoms with Crippen LogP contribution in [0.25, 0.3) is 0 Å². The molecule has 1 rings (SSSR count). The Labute approximate surface area is 80.2 Å². The predicted molar refractivity (Wildman–Crippen MR) is 36.9 cm³/mol. The monoisotopic (exact) mass is 205 g/mol. The maximum atomic E-state index is 10.1. The Morgan fingerprint density at radius 3 is 2.27 bits per heavy atom. The maximum Gasteiger partial charge on any atom is 0.747 e. The molecule has 11 heavy (non-hydrogen) atoms. The van der Waals surface area contributed by atoms with Crippen LogP contribution in [-0.2, 0) is 26.3 Å². The first-order valence-corrected chi connectivity index (χ1v) is 3.81. The Balaban J connectivity index is 0.000001000. The summed E-state index contributed by atoms with van der Waals surface area (Å²) < 4.78 is 14.6. The first kappa shape index (κ1) is 10.8. The quantitative estimate of drug-likeness (QED) is 0.590. The van der Waals surface area contributed by atoms with Gasteiger partial charge in [-0.05, 0) is 12.1 Å². The van der Waals surface area contributed by atoms with E-state index >= 15 is 0 Å². The molecular weight excluding hydrogens is 199 g/mol. The second kappa shape index (κ2) is 5.45. The summed E-state index contributed by atoms with van der Waals surface area (Å²) in [6, 6.07) is 8.49. The fraction of sp³-hybridized carbons (Fsp3) is 0. The van der Waals surface area contributed by atoms with Crippen LogP contribution in [0.5, 0.6) is 5.75 Å². The van der Waals surface area contributed by atoms with E-state index in [1.807, 2.05) is 0 Å². The molecule has 5 heteroatoms. The minimum Gasteiger partial charge on any atom is -0.229 e. The van der Waals surface area contributed by atoms with Crippen LogP contribution < -0.4 is 4.52 Å². The molecule has 1 unspecified atom stereocenters. The number of benzene rings is 1. The first-order valence-electron chi connectivity index (χ1n) is 2.68. The average molecular weight is 205 g/mol. The smallest absolute Gasteiger partial charge is 0.229 e. The van der Waals surface area contributed by atoms with Crippen molar-refractivity contribution in [2.75, 3.05) is 0 Å². The molecule has 0 radical (unpaired) electrons. The van der Waals surface area contributed by atoms with Gasteiger partial charge < -0.3 is 0 Å². The van der Waals surface area contributed by atoms with Crippen molar-refractivity contribution in [3.05, 3.63) is 30.3 Å². The Bertz CT molecular complexity index is 227. The molecule has 0 aliphatic rings. The van der Waals surface area contributed by atoms with Gasteiger partial charge in [0.25, 0.3) is 0 Å². The maximum absolute atomic E-state index is 10.1. The van der Waals surface area contributed by atoms with Crippen LogP contribution in [0.15, 0.2) is 30.3 Å². The third kappa shape index (κ3) is 4.28. The van der Waals surface area contributed by atoms with Crippen LogP contribution >= 0.6 is 8.25 Å². The zero-order valence-corrected chi connectivity index (χ0v) is 8.05. The third-order valence-electron chi connectivity index (χ3n) is 0.927. The van der Waals surface area contributed by atoms with Crippen LogP contribution in [0, 0.1) is 0 Å². The van der Waals surface area contributed by atoms with Crippen LogP contribution in [0.4, 0.5) is 0 Å². The van der Waals surface area contributed by atoms with E-state index in [1.54, 1.807) is 30.3 Å². The second-order valence-electron chi connectivity index (χ2n) is 1.64. The SMILES string of the molecule is O=[P+](O)Oc1ccccc1.[Ti]. The van der Waals surface area contributed by atoms with E-state index in [4.69, 9.17) is 4.89 Å². The summed E-state index contributed by atoms with van der Waals surface area (Å²) in [5.41, 5.74) is 0. The Morgan fingerprint density at radius 1 is 1.27 bits per heavy atom. The molecule has 1 aromatic carbocycles. The Morgan fingerprint density at radius 2 is 1.82 bits per heavy atom. The van der Waals surface area contributed by atoms with E-state index in [2.05, 4.69) is 4.52 Å². The standard InChI is InChI=1S/C6H5O3P.Ti/c7-10(8)9-6-4-2-1-3-5-6;/h1-5H;/p+1. The van der Waals surface area contributed by atoms with Gasteiger partial charge in [-0.15, -0.1) is 4.89 Å². The molecule has 0 spiro atoms. The molecule has 0 aliphatic heterocycles. The van der Waals surface area contributed by atoms with E-state index in [-0.39, 0.29) is 21.7 Å². The first-order chi connectivity index (χ1) is 4.79. The van der Waals surface area contributed by atoms with E-state index in [9.17, 15) is 4.57 Å². The van der Waals surface area contributed by atoms with Gasteiger partial charge in [-0.2, -0.15) is 0 Å². The topological polar surface area (TPSA) is 46.5 Å². The van der Waals surface area contributed by atoms with Crippen molar-refractivity contribution in [2.24, 2.45) is 0 Å². The van der Waals surface area contributed by atoms with Crippen LogP contribution in [-0.4, -0.2) is 4.89 Å². The number of rotatable bonds is 2. The molecule has 0 amide bonds. The molecule has 0 saturated carbocycles. The number of hydrogen-bond donors (Lipinski definition) is 1. The molecule has 1 aromatic rings. The molecule has 0 heterocycles. The Kier molecular flexibility index (Phi) is 5.34. The van der Waals surface area contributed by atoms with Gasteiger partial charge in [0.1, 0.15) is 0 Å². The van der Waals surface area contributed by atoms with Crippen molar-refractivity contribution < 1.29 is 35.7 Å². The van der Waals surface area contributed by atoms with E-state index < -0.39 is 8.25 Å². The zero-order chi connectivity index (χ0) is 7.40. The van der Waals surface area contributed by atoms with Gasteiger partial charge in [0.2, 0.25) is 0 Å². The van der Waals surface area contributed by atoms with Crippen molar-refractivity contribution in [3.63, 3.8) is 0 Å². The molecule has 56 valence electrons. The van der Waals surface area contributed by atoms with Crippen molar-refractivity contribution in [1.82, 2.24) is 0 Å². The van der Waals surface area contributed by atoms with Crippen LogP contribution in [0.3, 0.4) is 0 Å². The van der Waals surface area contributed by atoms with Gasteiger partial charge >= 0.3 is 8.25 Å². The van der Waals surface area contributed by atoms with Gasteiger partial charge in [0, 0.05) is 26.3 Å². The molecule has 0 aromatic heterocycles. The fourth-order valence-corrected chi connectivity index (χ4v) is 0.874. The predicted octanol–water partition coefficient (Wildman–Crippen LogP) is 1.71. The number of hydrogen-bond acceptors (Lipinski definition) is 2. The second-order valence-corrected chi connectivity index (χ2v) is 2.30. The Hall–Kier alpha value is -0.206. The third-order valence-corrected chi connectivity index (χ3v) is 1.29. The van der Waals surface area contributed by atoms with Crippen molar-refractivity contribution in [2.45, 2.75) is 0 Å². The average Bonchev–Trinajstić information content (AvgIpc) is 1.88. The minimum absolute atomic E-state index is 0. The molecule has 0 fully saturated rings.